The molecule has 86 valence electrons. The van der Waals surface area contributed by atoms with Gasteiger partial charge >= 0.3 is 5.97 Å². The number of rotatable bonds is 5. The molecule has 0 saturated heterocycles. The number of nitrogens with one attached hydrogen (secondary N) is 1. The molecule has 2 atom stereocenters. The lowest BCUT2D eigenvalue weighted by molar-refractivity contribution is -0.138. The molecule has 0 radical (unpaired) electrons. The van der Waals surface area contributed by atoms with E-state index in [2.05, 4.69) is 5.32 Å². The molecule has 1 aromatic rings. The second-order valence-electron chi connectivity index (χ2n) is 4.20. The number of carbonyl (C=O) groups is 1. The standard InChI is InChI=1S/C12H14ClNO2/c13-10-3-1-8(2-4-10)6-14-7-9-5-11(9)12(15)16/h1-4,9,11,14H,5-7H2,(H,15,16). The van der Waals surface area contributed by atoms with Crippen LogP contribution in [0.2, 0.25) is 5.02 Å². The minimum absolute atomic E-state index is 0.127. The summed E-state index contributed by atoms with van der Waals surface area (Å²) in [4.78, 5) is 10.6. The summed E-state index contributed by atoms with van der Waals surface area (Å²) in [5.74, 6) is -0.485. The van der Waals surface area contributed by atoms with E-state index in [-0.39, 0.29) is 5.92 Å². The van der Waals surface area contributed by atoms with Gasteiger partial charge in [-0.25, -0.2) is 0 Å². The van der Waals surface area contributed by atoms with Crippen molar-refractivity contribution in [2.75, 3.05) is 6.54 Å². The lowest BCUT2D eigenvalue weighted by Crippen LogP contribution is -2.18. The van der Waals surface area contributed by atoms with Crippen LogP contribution in [0.25, 0.3) is 0 Å². The van der Waals surface area contributed by atoms with Gasteiger partial charge in [0, 0.05) is 11.6 Å². The molecule has 2 N–H and O–H groups in total. The lowest BCUT2D eigenvalue weighted by atomic mass is 10.2. The van der Waals surface area contributed by atoms with Crippen LogP contribution in [0.15, 0.2) is 24.3 Å². The zero-order valence-corrected chi connectivity index (χ0v) is 9.57. The van der Waals surface area contributed by atoms with Crippen LogP contribution in [0.1, 0.15) is 12.0 Å². The van der Waals surface area contributed by atoms with Crippen molar-refractivity contribution in [2.45, 2.75) is 13.0 Å². The van der Waals surface area contributed by atoms with Gasteiger partial charge in [-0.2, -0.15) is 0 Å². The molecule has 2 rings (SSSR count). The first-order valence-corrected chi connectivity index (χ1v) is 5.72. The average molecular weight is 240 g/mol. The van der Waals surface area contributed by atoms with E-state index in [0.29, 0.717) is 5.92 Å². The van der Waals surface area contributed by atoms with Gasteiger partial charge < -0.3 is 10.4 Å². The summed E-state index contributed by atoms with van der Waals surface area (Å²) in [5, 5.41) is 12.7. The third-order valence-electron chi connectivity index (χ3n) is 2.89. The van der Waals surface area contributed by atoms with Crippen molar-refractivity contribution < 1.29 is 9.90 Å². The van der Waals surface area contributed by atoms with Gasteiger partial charge in [0.25, 0.3) is 0 Å². The Kier molecular flexibility index (Phi) is 3.46. The predicted molar refractivity (Wildman–Crippen MR) is 62.4 cm³/mol. The van der Waals surface area contributed by atoms with Crippen LogP contribution in [-0.4, -0.2) is 17.6 Å². The van der Waals surface area contributed by atoms with Crippen molar-refractivity contribution in [3.05, 3.63) is 34.9 Å². The molecular formula is C12H14ClNO2. The lowest BCUT2D eigenvalue weighted by Gasteiger charge is -2.03. The van der Waals surface area contributed by atoms with Crippen molar-refractivity contribution in [3.63, 3.8) is 0 Å². The Hall–Kier alpha value is -1.06. The average Bonchev–Trinajstić information content (AvgIpc) is 3.01. The molecule has 1 aliphatic carbocycles. The van der Waals surface area contributed by atoms with E-state index in [4.69, 9.17) is 16.7 Å². The van der Waals surface area contributed by atoms with E-state index in [1.165, 1.54) is 0 Å². The highest BCUT2D eigenvalue weighted by Gasteiger charge is 2.42. The maximum atomic E-state index is 10.6. The highest BCUT2D eigenvalue weighted by Crippen LogP contribution is 2.37. The van der Waals surface area contributed by atoms with Crippen LogP contribution in [0.4, 0.5) is 0 Å². The normalized spacial score (nSPS) is 23.1. The summed E-state index contributed by atoms with van der Waals surface area (Å²) in [5.41, 5.74) is 1.16. The highest BCUT2D eigenvalue weighted by atomic mass is 35.5. The first-order chi connectivity index (χ1) is 7.66. The maximum absolute atomic E-state index is 10.6. The molecule has 0 amide bonds. The first-order valence-electron chi connectivity index (χ1n) is 5.35. The number of carboxylic acids is 1. The minimum Gasteiger partial charge on any atom is -0.481 e. The molecule has 2 unspecified atom stereocenters. The Bertz CT molecular complexity index is 377. The SMILES string of the molecule is O=C(O)C1CC1CNCc1ccc(Cl)cc1. The summed E-state index contributed by atoms with van der Waals surface area (Å²) in [6, 6.07) is 7.65. The Balaban J connectivity index is 1.69. The van der Waals surface area contributed by atoms with Gasteiger partial charge in [0.05, 0.1) is 5.92 Å². The van der Waals surface area contributed by atoms with E-state index in [9.17, 15) is 4.79 Å². The zero-order chi connectivity index (χ0) is 11.5. The molecule has 16 heavy (non-hydrogen) atoms. The predicted octanol–water partition coefficient (Wildman–Crippen LogP) is 2.15. The molecule has 1 fully saturated rings. The fourth-order valence-corrected chi connectivity index (χ4v) is 1.91. The van der Waals surface area contributed by atoms with Crippen LogP contribution in [0.3, 0.4) is 0 Å². The Labute approximate surface area is 99.4 Å². The molecule has 0 bridgehead atoms. The van der Waals surface area contributed by atoms with Crippen molar-refractivity contribution in [2.24, 2.45) is 11.8 Å². The number of hydrogen-bond donors (Lipinski definition) is 2. The van der Waals surface area contributed by atoms with Gasteiger partial charge in [-0.15, -0.1) is 0 Å². The molecule has 1 aromatic carbocycles. The van der Waals surface area contributed by atoms with Crippen LogP contribution >= 0.6 is 11.6 Å². The molecule has 0 spiro atoms. The van der Waals surface area contributed by atoms with Gasteiger partial charge in [-0.3, -0.25) is 4.79 Å². The second-order valence-corrected chi connectivity index (χ2v) is 4.63. The number of halogens is 1. The second kappa shape index (κ2) is 4.85. The van der Waals surface area contributed by atoms with E-state index in [1.807, 2.05) is 24.3 Å². The smallest absolute Gasteiger partial charge is 0.306 e. The molecule has 0 aliphatic heterocycles. The van der Waals surface area contributed by atoms with Crippen molar-refractivity contribution >= 4 is 17.6 Å². The Morgan fingerprint density at radius 1 is 1.44 bits per heavy atom. The summed E-state index contributed by atoms with van der Waals surface area (Å²) >= 11 is 5.77. The molecule has 4 heteroatoms. The van der Waals surface area contributed by atoms with Gasteiger partial charge in [0.2, 0.25) is 0 Å². The molecule has 1 aliphatic rings. The summed E-state index contributed by atoms with van der Waals surface area (Å²) in [7, 11) is 0. The largest absolute Gasteiger partial charge is 0.481 e. The number of benzene rings is 1. The quantitative estimate of drug-likeness (QED) is 0.828. The molecule has 3 nitrogen and oxygen atoms in total. The molecule has 1 saturated carbocycles. The maximum Gasteiger partial charge on any atom is 0.306 e. The van der Waals surface area contributed by atoms with Gasteiger partial charge in [0.15, 0.2) is 0 Å². The number of carboxylic acid groups (broad SMARTS) is 1. The summed E-state index contributed by atoms with van der Waals surface area (Å²) < 4.78 is 0. The number of aliphatic carboxylic acids is 1. The van der Waals surface area contributed by atoms with Crippen molar-refractivity contribution in [3.8, 4) is 0 Å². The minimum atomic E-state index is -0.668. The van der Waals surface area contributed by atoms with Crippen LogP contribution in [0, 0.1) is 11.8 Å². The number of hydrogen-bond acceptors (Lipinski definition) is 2. The topological polar surface area (TPSA) is 49.3 Å². The highest BCUT2D eigenvalue weighted by molar-refractivity contribution is 6.30. The van der Waals surface area contributed by atoms with E-state index in [1.54, 1.807) is 0 Å². The van der Waals surface area contributed by atoms with Gasteiger partial charge in [-0.1, -0.05) is 23.7 Å². The molecular weight excluding hydrogens is 226 g/mol. The van der Waals surface area contributed by atoms with Gasteiger partial charge in [-0.05, 0) is 36.6 Å². The van der Waals surface area contributed by atoms with E-state index in [0.717, 1.165) is 30.1 Å². The van der Waals surface area contributed by atoms with Crippen molar-refractivity contribution in [1.82, 2.24) is 5.32 Å². The van der Waals surface area contributed by atoms with Gasteiger partial charge in [0.1, 0.15) is 0 Å². The molecule has 0 aromatic heterocycles. The van der Waals surface area contributed by atoms with Crippen molar-refractivity contribution in [1.29, 1.82) is 0 Å². The Morgan fingerprint density at radius 3 is 2.69 bits per heavy atom. The van der Waals surface area contributed by atoms with E-state index >= 15 is 0 Å². The van der Waals surface area contributed by atoms with Crippen LogP contribution in [0.5, 0.6) is 0 Å². The third-order valence-corrected chi connectivity index (χ3v) is 3.14. The van der Waals surface area contributed by atoms with Crippen LogP contribution < -0.4 is 5.32 Å². The molecule has 0 heterocycles. The summed E-state index contributed by atoms with van der Waals surface area (Å²) in [6.45, 7) is 1.54. The first kappa shape index (κ1) is 11.4. The third kappa shape index (κ3) is 2.97. The Morgan fingerprint density at radius 2 is 2.12 bits per heavy atom. The fourth-order valence-electron chi connectivity index (χ4n) is 1.78. The fraction of sp³-hybridized carbons (Fsp3) is 0.417. The van der Waals surface area contributed by atoms with E-state index < -0.39 is 5.97 Å². The van der Waals surface area contributed by atoms with Crippen LogP contribution in [-0.2, 0) is 11.3 Å². The monoisotopic (exact) mass is 239 g/mol. The summed E-state index contributed by atoms with van der Waals surface area (Å²) in [6.07, 6.45) is 0.808. The zero-order valence-electron chi connectivity index (χ0n) is 8.82.